The molecule has 142 valence electrons. The van der Waals surface area contributed by atoms with E-state index in [0.29, 0.717) is 25.3 Å². The minimum absolute atomic E-state index is 0.0157. The topological polar surface area (TPSA) is 79.5 Å². The number of hydrogen-bond acceptors (Lipinski definition) is 4. The number of rotatable bonds is 8. The average Bonchev–Trinajstić information content (AvgIpc) is 2.80. The Morgan fingerprint density at radius 2 is 1.69 bits per heavy atom. The summed E-state index contributed by atoms with van der Waals surface area (Å²) >= 11 is 0. The molecule has 1 aliphatic heterocycles. The van der Waals surface area contributed by atoms with E-state index in [0.717, 1.165) is 5.57 Å². The van der Waals surface area contributed by atoms with Gasteiger partial charge in [0, 0.05) is 29.7 Å². The maximum Gasteiger partial charge on any atom is 0.257 e. The van der Waals surface area contributed by atoms with Crippen LogP contribution in [0.3, 0.4) is 0 Å². The van der Waals surface area contributed by atoms with E-state index in [-0.39, 0.29) is 29.5 Å². The fourth-order valence-corrected chi connectivity index (χ4v) is 3.13. The molecule has 1 aromatic carbocycles. The van der Waals surface area contributed by atoms with Gasteiger partial charge in [-0.1, -0.05) is 24.3 Å². The van der Waals surface area contributed by atoms with Gasteiger partial charge in [-0.25, -0.2) is 0 Å². The number of para-hydroxylation sites is 1. The van der Waals surface area contributed by atoms with E-state index in [4.69, 9.17) is 4.74 Å². The van der Waals surface area contributed by atoms with Crippen LogP contribution in [0.4, 0.5) is 0 Å². The van der Waals surface area contributed by atoms with E-state index in [2.05, 4.69) is 16.0 Å². The van der Waals surface area contributed by atoms with Crippen molar-refractivity contribution in [3.05, 3.63) is 42.0 Å². The van der Waals surface area contributed by atoms with Crippen LogP contribution >= 0.6 is 0 Å². The number of hydrogen-bond donors (Lipinski definition) is 3. The zero-order valence-corrected chi connectivity index (χ0v) is 16.0. The second-order valence-electron chi connectivity index (χ2n) is 7.59. The number of nitrogens with one attached hydrogen (secondary N) is 3. The number of carbonyl (C=O) groups is 2. The highest BCUT2D eigenvalue weighted by Crippen LogP contribution is 2.29. The van der Waals surface area contributed by atoms with Crippen LogP contribution in [0, 0.1) is 0 Å². The van der Waals surface area contributed by atoms with Gasteiger partial charge >= 0.3 is 0 Å². The normalized spacial score (nSPS) is 17.3. The van der Waals surface area contributed by atoms with Crippen molar-refractivity contribution in [2.24, 2.45) is 0 Å². The van der Waals surface area contributed by atoms with E-state index >= 15 is 0 Å². The zero-order chi connectivity index (χ0) is 19.2. The summed E-state index contributed by atoms with van der Waals surface area (Å²) in [6.07, 6.45) is 2.64. The van der Waals surface area contributed by atoms with E-state index in [1.807, 2.05) is 52.0 Å². The maximum absolute atomic E-state index is 12.4. The first-order valence-corrected chi connectivity index (χ1v) is 8.95. The van der Waals surface area contributed by atoms with E-state index < -0.39 is 0 Å². The van der Waals surface area contributed by atoms with Crippen LogP contribution in [-0.2, 0) is 9.59 Å². The summed E-state index contributed by atoms with van der Waals surface area (Å²) in [4.78, 5) is 24.1. The minimum atomic E-state index is -0.351. The minimum Gasteiger partial charge on any atom is -0.484 e. The van der Waals surface area contributed by atoms with Gasteiger partial charge in [0.05, 0.1) is 0 Å². The van der Waals surface area contributed by atoms with Crippen LogP contribution in [-0.4, -0.2) is 42.6 Å². The van der Waals surface area contributed by atoms with E-state index in [9.17, 15) is 9.59 Å². The predicted molar refractivity (Wildman–Crippen MR) is 102 cm³/mol. The summed E-state index contributed by atoms with van der Waals surface area (Å²) in [5, 5.41) is 9.12. The van der Waals surface area contributed by atoms with Crippen molar-refractivity contribution < 1.29 is 14.3 Å². The van der Waals surface area contributed by atoms with Gasteiger partial charge in [0.1, 0.15) is 5.75 Å². The lowest BCUT2D eigenvalue weighted by molar-refractivity contribution is -0.123. The molecule has 0 radical (unpaired) electrons. The molecule has 26 heavy (non-hydrogen) atoms. The summed E-state index contributed by atoms with van der Waals surface area (Å²) in [7, 11) is 0. The summed E-state index contributed by atoms with van der Waals surface area (Å²) < 4.78 is 5.38. The van der Waals surface area contributed by atoms with Gasteiger partial charge in [-0.2, -0.15) is 0 Å². The fourth-order valence-electron chi connectivity index (χ4n) is 3.13. The maximum atomic E-state index is 12.4. The molecule has 0 saturated heterocycles. The quantitative estimate of drug-likeness (QED) is 0.618. The van der Waals surface area contributed by atoms with Crippen molar-refractivity contribution >= 4 is 11.8 Å². The fraction of sp³-hybridized carbons (Fsp3) is 0.500. The molecule has 6 nitrogen and oxygen atoms in total. The molecule has 2 rings (SSSR count). The molecular formula is C20H29N3O3. The van der Waals surface area contributed by atoms with Crippen LogP contribution in [0.25, 0.3) is 0 Å². The molecule has 3 N–H and O–H groups in total. The summed E-state index contributed by atoms with van der Waals surface area (Å²) in [5.41, 5.74) is 0.210. The summed E-state index contributed by atoms with van der Waals surface area (Å²) in [5.74, 6) is 0.427. The highest BCUT2D eigenvalue weighted by molar-refractivity contribution is 5.96. The summed E-state index contributed by atoms with van der Waals surface area (Å²) in [6, 6.07) is 9.21. The Hall–Kier alpha value is -2.34. The molecule has 1 aliphatic rings. The first kappa shape index (κ1) is 20.0. The largest absolute Gasteiger partial charge is 0.484 e. The number of carbonyl (C=O) groups excluding carboxylic acids is 2. The SMILES string of the molecule is CC1(C)C=C(C(=O)NCCCNC(=O)COc2ccccc2)C(C)(C)N1. The van der Waals surface area contributed by atoms with Crippen LogP contribution in [0.1, 0.15) is 34.1 Å². The molecule has 0 aromatic heterocycles. The molecule has 0 atom stereocenters. The second kappa shape index (κ2) is 8.36. The van der Waals surface area contributed by atoms with Gasteiger partial charge in [0.15, 0.2) is 6.61 Å². The molecule has 0 saturated carbocycles. The first-order valence-electron chi connectivity index (χ1n) is 8.95. The van der Waals surface area contributed by atoms with Gasteiger partial charge in [-0.3, -0.25) is 14.9 Å². The van der Waals surface area contributed by atoms with Crippen molar-refractivity contribution in [1.82, 2.24) is 16.0 Å². The molecule has 1 aromatic rings. The Morgan fingerprint density at radius 1 is 1.04 bits per heavy atom. The predicted octanol–water partition coefficient (Wildman–Crippen LogP) is 1.77. The molecule has 0 spiro atoms. The van der Waals surface area contributed by atoms with Gasteiger partial charge in [-0.15, -0.1) is 0 Å². The Labute approximate surface area is 155 Å². The Morgan fingerprint density at radius 3 is 2.31 bits per heavy atom. The van der Waals surface area contributed by atoms with Crippen molar-refractivity contribution in [3.63, 3.8) is 0 Å². The molecule has 0 bridgehead atoms. The monoisotopic (exact) mass is 359 g/mol. The third kappa shape index (κ3) is 5.88. The average molecular weight is 359 g/mol. The Bertz CT molecular complexity index is 666. The van der Waals surface area contributed by atoms with Crippen molar-refractivity contribution in [3.8, 4) is 5.75 Å². The van der Waals surface area contributed by atoms with Crippen LogP contribution in [0.15, 0.2) is 42.0 Å². The van der Waals surface area contributed by atoms with E-state index in [1.54, 1.807) is 12.1 Å². The third-order valence-electron chi connectivity index (χ3n) is 4.13. The Balaban J connectivity index is 1.63. The zero-order valence-electron chi connectivity index (χ0n) is 16.0. The van der Waals surface area contributed by atoms with Crippen molar-refractivity contribution in [2.45, 2.75) is 45.2 Å². The van der Waals surface area contributed by atoms with Gasteiger partial charge < -0.3 is 15.4 Å². The molecule has 0 aliphatic carbocycles. The number of amides is 2. The highest BCUT2D eigenvalue weighted by atomic mass is 16.5. The molecular weight excluding hydrogens is 330 g/mol. The standard InChI is InChI=1S/C20H29N3O3/c1-19(2)13-16(20(3,4)23-19)18(25)22-12-8-11-21-17(24)14-26-15-9-6-5-7-10-15/h5-7,9-10,13,23H,8,11-12,14H2,1-4H3,(H,21,24)(H,22,25). The van der Waals surface area contributed by atoms with Crippen LogP contribution in [0.2, 0.25) is 0 Å². The number of benzene rings is 1. The van der Waals surface area contributed by atoms with Gasteiger partial charge in [-0.05, 0) is 46.2 Å². The van der Waals surface area contributed by atoms with Gasteiger partial charge in [0.2, 0.25) is 5.91 Å². The Kier molecular flexibility index (Phi) is 6.42. The van der Waals surface area contributed by atoms with Crippen LogP contribution < -0.4 is 20.7 Å². The van der Waals surface area contributed by atoms with Crippen LogP contribution in [0.5, 0.6) is 5.75 Å². The van der Waals surface area contributed by atoms with Crippen molar-refractivity contribution in [1.29, 1.82) is 0 Å². The summed E-state index contributed by atoms with van der Waals surface area (Å²) in [6.45, 7) is 9.07. The van der Waals surface area contributed by atoms with Gasteiger partial charge in [0.25, 0.3) is 5.91 Å². The number of ether oxygens (including phenoxy) is 1. The molecule has 0 fully saturated rings. The molecule has 1 heterocycles. The lowest BCUT2D eigenvalue weighted by Crippen LogP contribution is -2.47. The third-order valence-corrected chi connectivity index (χ3v) is 4.13. The highest BCUT2D eigenvalue weighted by Gasteiger charge is 2.39. The second-order valence-corrected chi connectivity index (χ2v) is 7.59. The molecule has 2 amide bonds. The first-order chi connectivity index (χ1) is 12.2. The van der Waals surface area contributed by atoms with Crippen molar-refractivity contribution in [2.75, 3.05) is 19.7 Å². The molecule has 0 unspecified atom stereocenters. The lowest BCUT2D eigenvalue weighted by Gasteiger charge is -2.27. The smallest absolute Gasteiger partial charge is 0.257 e. The van der Waals surface area contributed by atoms with E-state index in [1.165, 1.54) is 0 Å². The lowest BCUT2D eigenvalue weighted by atomic mass is 9.96. The molecule has 6 heteroatoms.